The number of carbonyl (C=O) groups is 2. The fourth-order valence-corrected chi connectivity index (χ4v) is 6.42. The van der Waals surface area contributed by atoms with E-state index in [1.165, 1.54) is 18.1 Å². The lowest BCUT2D eigenvalue weighted by atomic mass is 9.96. The van der Waals surface area contributed by atoms with Gasteiger partial charge in [0.1, 0.15) is 0 Å². The second-order valence-corrected chi connectivity index (χ2v) is 12.4. The normalized spacial score (nSPS) is 19.3. The molecule has 1 saturated heterocycles. The number of nitrogens with one attached hydrogen (secondary N) is 1. The minimum atomic E-state index is -0.593. The number of rotatable bonds is 11. The molecule has 2 heterocycles. The lowest BCUT2D eigenvalue weighted by Crippen LogP contribution is -2.41. The monoisotopic (exact) mass is 650 g/mol. The molecule has 250 valence electrons. The van der Waals surface area contributed by atoms with E-state index in [4.69, 9.17) is 18.9 Å². The SMILES string of the molecule is COc1cc2c(cc1OC)CN(CC1CC(c3ccc(CO)cc3)OC(c3ccc(CC(=O)Nc4cccc(C(C)=O)c4)cc3)O1)CC2. The number of benzene rings is 4. The number of carbonyl (C=O) groups excluding carboxylic acids is 2. The van der Waals surface area contributed by atoms with Crippen LogP contribution in [0.5, 0.6) is 11.5 Å². The molecule has 0 spiro atoms. The van der Waals surface area contributed by atoms with E-state index < -0.39 is 6.29 Å². The van der Waals surface area contributed by atoms with Crippen LogP contribution in [0.4, 0.5) is 5.69 Å². The van der Waals surface area contributed by atoms with Crippen LogP contribution in [0.25, 0.3) is 0 Å². The number of aliphatic hydroxyl groups is 1. The van der Waals surface area contributed by atoms with Gasteiger partial charge in [0.15, 0.2) is 23.6 Å². The maximum Gasteiger partial charge on any atom is 0.228 e. The van der Waals surface area contributed by atoms with E-state index in [0.717, 1.165) is 59.8 Å². The second kappa shape index (κ2) is 15.1. The van der Waals surface area contributed by atoms with Crippen LogP contribution in [0.15, 0.2) is 84.9 Å². The summed E-state index contributed by atoms with van der Waals surface area (Å²) in [6.07, 6.45) is 0.902. The van der Waals surface area contributed by atoms with Gasteiger partial charge in [0.25, 0.3) is 0 Å². The van der Waals surface area contributed by atoms with Crippen LogP contribution in [0.1, 0.15) is 69.5 Å². The highest BCUT2D eigenvalue weighted by molar-refractivity contribution is 5.97. The maximum absolute atomic E-state index is 12.8. The number of hydrogen-bond donors (Lipinski definition) is 2. The highest BCUT2D eigenvalue weighted by Gasteiger charge is 2.34. The summed E-state index contributed by atoms with van der Waals surface area (Å²) in [6.45, 7) is 3.92. The molecule has 4 aromatic rings. The summed E-state index contributed by atoms with van der Waals surface area (Å²) in [6, 6.07) is 26.7. The first-order valence-electron chi connectivity index (χ1n) is 16.3. The smallest absolute Gasteiger partial charge is 0.228 e. The van der Waals surface area contributed by atoms with Crippen LogP contribution >= 0.6 is 0 Å². The molecule has 0 bridgehead atoms. The van der Waals surface area contributed by atoms with Crippen molar-refractivity contribution >= 4 is 17.4 Å². The molecule has 1 amide bonds. The van der Waals surface area contributed by atoms with Crippen molar-refractivity contribution in [2.75, 3.05) is 32.6 Å². The van der Waals surface area contributed by atoms with E-state index >= 15 is 0 Å². The summed E-state index contributed by atoms with van der Waals surface area (Å²) in [7, 11) is 3.32. The maximum atomic E-state index is 12.8. The molecule has 6 rings (SSSR count). The summed E-state index contributed by atoms with van der Waals surface area (Å²) in [4.78, 5) is 26.9. The zero-order valence-electron chi connectivity index (χ0n) is 27.6. The second-order valence-electron chi connectivity index (χ2n) is 12.4. The molecular formula is C39H42N2O7. The van der Waals surface area contributed by atoms with Gasteiger partial charge in [-0.3, -0.25) is 14.5 Å². The van der Waals surface area contributed by atoms with Crippen LogP contribution in [-0.4, -0.2) is 55.1 Å². The minimum absolute atomic E-state index is 0.0115. The summed E-state index contributed by atoms with van der Waals surface area (Å²) in [5, 5.41) is 12.4. The number of fused-ring (bicyclic) bond motifs is 1. The Morgan fingerprint density at radius 3 is 2.25 bits per heavy atom. The van der Waals surface area contributed by atoms with Crippen molar-refractivity contribution in [1.82, 2.24) is 4.90 Å². The molecule has 2 N–H and O–H groups in total. The fourth-order valence-electron chi connectivity index (χ4n) is 6.42. The Kier molecular flexibility index (Phi) is 10.5. The zero-order chi connectivity index (χ0) is 33.6. The van der Waals surface area contributed by atoms with E-state index in [0.29, 0.717) is 17.7 Å². The lowest BCUT2D eigenvalue weighted by Gasteiger charge is -2.39. The lowest BCUT2D eigenvalue weighted by molar-refractivity contribution is -0.253. The van der Waals surface area contributed by atoms with E-state index in [2.05, 4.69) is 22.3 Å². The predicted octanol–water partition coefficient (Wildman–Crippen LogP) is 6.18. The molecule has 0 saturated carbocycles. The van der Waals surface area contributed by atoms with Gasteiger partial charge in [0.2, 0.25) is 5.91 Å². The molecule has 2 aliphatic rings. The van der Waals surface area contributed by atoms with E-state index in [-0.39, 0.29) is 36.9 Å². The van der Waals surface area contributed by atoms with Crippen molar-refractivity contribution in [3.05, 3.63) is 124 Å². The topological polar surface area (TPSA) is 107 Å². The minimum Gasteiger partial charge on any atom is -0.493 e. The number of methoxy groups -OCH3 is 2. The molecule has 9 nitrogen and oxygen atoms in total. The number of amides is 1. The Bertz CT molecular complexity index is 1740. The van der Waals surface area contributed by atoms with Crippen LogP contribution in [0.2, 0.25) is 0 Å². The van der Waals surface area contributed by atoms with Crippen molar-refractivity contribution in [2.45, 2.75) is 57.8 Å². The molecule has 4 aromatic carbocycles. The van der Waals surface area contributed by atoms with Gasteiger partial charge in [-0.1, -0.05) is 60.7 Å². The van der Waals surface area contributed by atoms with E-state index in [1.807, 2.05) is 48.5 Å². The van der Waals surface area contributed by atoms with Gasteiger partial charge in [-0.2, -0.15) is 0 Å². The number of ketones is 1. The largest absolute Gasteiger partial charge is 0.493 e. The van der Waals surface area contributed by atoms with E-state index in [9.17, 15) is 14.7 Å². The Balaban J connectivity index is 1.15. The van der Waals surface area contributed by atoms with Gasteiger partial charge in [-0.05, 0) is 65.4 Å². The van der Waals surface area contributed by atoms with Gasteiger partial charge in [-0.15, -0.1) is 0 Å². The molecule has 1 fully saturated rings. The number of Topliss-reactive ketones (excluding diaryl/α,β-unsaturated/α-hetero) is 1. The van der Waals surface area contributed by atoms with Gasteiger partial charge in [0.05, 0.1) is 39.5 Å². The van der Waals surface area contributed by atoms with Crippen molar-refractivity contribution in [3.8, 4) is 11.5 Å². The third-order valence-electron chi connectivity index (χ3n) is 9.04. The van der Waals surface area contributed by atoms with Gasteiger partial charge < -0.3 is 29.4 Å². The number of hydrogen-bond acceptors (Lipinski definition) is 8. The van der Waals surface area contributed by atoms with Crippen molar-refractivity contribution in [3.63, 3.8) is 0 Å². The molecular weight excluding hydrogens is 608 g/mol. The van der Waals surface area contributed by atoms with Gasteiger partial charge in [-0.25, -0.2) is 0 Å². The number of aliphatic hydroxyl groups excluding tert-OH is 1. The average Bonchev–Trinajstić information content (AvgIpc) is 3.11. The molecule has 0 aromatic heterocycles. The van der Waals surface area contributed by atoms with Gasteiger partial charge >= 0.3 is 0 Å². The first-order valence-corrected chi connectivity index (χ1v) is 16.3. The quantitative estimate of drug-likeness (QED) is 0.185. The number of ether oxygens (including phenoxy) is 4. The highest BCUT2D eigenvalue weighted by atomic mass is 16.7. The van der Waals surface area contributed by atoms with Crippen molar-refractivity contribution in [2.24, 2.45) is 0 Å². The average molecular weight is 651 g/mol. The van der Waals surface area contributed by atoms with Crippen LogP contribution in [0, 0.1) is 0 Å². The third-order valence-corrected chi connectivity index (χ3v) is 9.04. The molecule has 0 radical (unpaired) electrons. The highest BCUT2D eigenvalue weighted by Crippen LogP contribution is 2.39. The standard InChI is InChI=1S/C39H42N2O7/c1-25(43)30-5-4-6-33(18-30)40-38(44)17-26-7-13-29(14-8-26)39-47-34(21-35(48-39)28-11-9-27(24-42)10-12-28)23-41-16-15-31-19-36(45-2)37(46-3)20-32(31)22-41/h4-14,18-20,34-35,39,42H,15-17,21-24H2,1-3H3,(H,40,44). The molecule has 3 atom stereocenters. The summed E-state index contributed by atoms with van der Waals surface area (Å²) in [5.41, 5.74) is 7.25. The summed E-state index contributed by atoms with van der Waals surface area (Å²) in [5.74, 6) is 1.26. The van der Waals surface area contributed by atoms with Crippen LogP contribution in [0.3, 0.4) is 0 Å². The Morgan fingerprint density at radius 2 is 1.56 bits per heavy atom. The van der Waals surface area contributed by atoms with Crippen molar-refractivity contribution in [1.29, 1.82) is 0 Å². The first kappa shape index (κ1) is 33.4. The zero-order valence-corrected chi connectivity index (χ0v) is 27.6. The van der Waals surface area contributed by atoms with Crippen molar-refractivity contribution < 1.29 is 33.6 Å². The summed E-state index contributed by atoms with van der Waals surface area (Å²) < 4.78 is 24.3. The molecule has 9 heteroatoms. The Morgan fingerprint density at radius 1 is 0.875 bits per heavy atom. The van der Waals surface area contributed by atoms with Crippen LogP contribution in [-0.2, 0) is 40.3 Å². The Labute approximate surface area is 281 Å². The van der Waals surface area contributed by atoms with E-state index in [1.54, 1.807) is 38.5 Å². The third kappa shape index (κ3) is 7.94. The molecule has 3 unspecified atom stereocenters. The summed E-state index contributed by atoms with van der Waals surface area (Å²) >= 11 is 0. The Hall–Kier alpha value is -4.54. The number of nitrogens with zero attached hydrogens (tertiary/aromatic N) is 1. The van der Waals surface area contributed by atoms with Gasteiger partial charge in [0, 0.05) is 42.9 Å². The van der Waals surface area contributed by atoms with Crippen LogP contribution < -0.4 is 14.8 Å². The molecule has 48 heavy (non-hydrogen) atoms. The first-order chi connectivity index (χ1) is 23.3. The molecule has 2 aliphatic heterocycles. The number of anilines is 1. The molecule has 0 aliphatic carbocycles. The predicted molar refractivity (Wildman–Crippen MR) is 182 cm³/mol. The fraction of sp³-hybridized carbons (Fsp3) is 0.333.